The van der Waals surface area contributed by atoms with Gasteiger partial charge >= 0.3 is 6.18 Å². The summed E-state index contributed by atoms with van der Waals surface area (Å²) in [5, 5.41) is 11.1. The topological polar surface area (TPSA) is 70.1 Å². The fraction of sp³-hybridized carbons (Fsp3) is 0.294. The van der Waals surface area contributed by atoms with Gasteiger partial charge in [0.15, 0.2) is 5.78 Å². The van der Waals surface area contributed by atoms with Gasteiger partial charge in [0.2, 0.25) is 0 Å². The number of hydrogen-bond acceptors (Lipinski definition) is 5. The molecular formula is C34H31ClF3N3OS. The van der Waals surface area contributed by atoms with Crippen LogP contribution in [-0.2, 0) is 16.7 Å². The first-order valence-electron chi connectivity index (χ1n) is 13.8. The van der Waals surface area contributed by atoms with E-state index in [0.717, 1.165) is 39.3 Å². The number of aryl methyl sites for hydroxylation is 2. The first kappa shape index (κ1) is 30.8. The molecule has 4 nitrogen and oxygen atoms in total. The standard InChI is InChI=1S/C34H31ClF3N3OS/c1-19-13-20(2)26(14-21(19)18-43-25-11-7-23(35)8-12-25)30-27(17-39)32(40)41(24-9-5-22(6-10-24)34(36,37)38)28-15-33(3,4)16-29(42)31(28)30/h5-14,30H,15-16,18,40H2,1-4H3. The molecule has 1 unspecified atom stereocenters. The average molecular weight is 622 g/mol. The number of benzene rings is 3. The summed E-state index contributed by atoms with van der Waals surface area (Å²) in [4.78, 5) is 16.6. The summed E-state index contributed by atoms with van der Waals surface area (Å²) in [5.41, 5.74) is 11.1. The van der Waals surface area contributed by atoms with Gasteiger partial charge in [-0.1, -0.05) is 37.6 Å². The molecule has 0 radical (unpaired) electrons. The quantitative estimate of drug-likeness (QED) is 0.288. The fourth-order valence-electron chi connectivity index (χ4n) is 5.99. The van der Waals surface area contributed by atoms with Crippen molar-refractivity contribution in [2.24, 2.45) is 11.1 Å². The molecule has 1 aliphatic carbocycles. The van der Waals surface area contributed by atoms with Crippen LogP contribution in [0.15, 0.2) is 88.2 Å². The SMILES string of the molecule is Cc1cc(C)c(C2C(C#N)=C(N)N(c3ccc(C(F)(F)F)cc3)C3=C2C(=O)CC(C)(C)C3)cc1CSc1ccc(Cl)cc1. The Morgan fingerprint density at radius 1 is 1.05 bits per heavy atom. The Balaban J connectivity index is 1.64. The maximum absolute atomic E-state index is 13.9. The molecule has 0 bridgehead atoms. The van der Waals surface area contributed by atoms with E-state index < -0.39 is 23.1 Å². The van der Waals surface area contributed by atoms with Gasteiger partial charge in [0.1, 0.15) is 5.82 Å². The van der Waals surface area contributed by atoms with Gasteiger partial charge in [-0.25, -0.2) is 0 Å². The molecule has 1 atom stereocenters. The van der Waals surface area contributed by atoms with Gasteiger partial charge in [-0.15, -0.1) is 11.8 Å². The van der Waals surface area contributed by atoms with Crippen molar-refractivity contribution in [3.63, 3.8) is 0 Å². The zero-order chi connectivity index (χ0) is 31.3. The van der Waals surface area contributed by atoms with Crippen LogP contribution in [-0.4, -0.2) is 5.78 Å². The minimum atomic E-state index is -4.50. The van der Waals surface area contributed by atoms with Crippen molar-refractivity contribution >= 4 is 34.8 Å². The smallest absolute Gasteiger partial charge is 0.384 e. The summed E-state index contributed by atoms with van der Waals surface area (Å²) in [5.74, 6) is 0.00674. The normalized spacial score (nSPS) is 18.5. The van der Waals surface area contributed by atoms with Gasteiger partial charge in [-0.3, -0.25) is 9.69 Å². The number of alkyl halides is 3. The van der Waals surface area contributed by atoms with Crippen molar-refractivity contribution < 1.29 is 18.0 Å². The van der Waals surface area contributed by atoms with E-state index in [1.54, 1.807) is 16.7 Å². The highest BCUT2D eigenvalue weighted by Gasteiger charge is 2.45. The van der Waals surface area contributed by atoms with Crippen LogP contribution in [0.4, 0.5) is 18.9 Å². The first-order chi connectivity index (χ1) is 20.2. The molecule has 0 aromatic heterocycles. The number of rotatable bonds is 5. The zero-order valence-electron chi connectivity index (χ0n) is 24.3. The third kappa shape index (κ3) is 6.07. The van der Waals surface area contributed by atoms with E-state index in [1.807, 2.05) is 52.0 Å². The molecule has 3 aromatic rings. The van der Waals surface area contributed by atoms with Crippen LogP contribution in [0, 0.1) is 30.6 Å². The van der Waals surface area contributed by atoms with Gasteiger partial charge in [0, 0.05) is 39.0 Å². The highest BCUT2D eigenvalue weighted by molar-refractivity contribution is 7.98. The van der Waals surface area contributed by atoms with Crippen LogP contribution in [0.25, 0.3) is 0 Å². The molecule has 2 N–H and O–H groups in total. The summed E-state index contributed by atoms with van der Waals surface area (Å²) in [7, 11) is 0. The Hall–Kier alpha value is -3.67. The molecule has 2 aliphatic rings. The van der Waals surface area contributed by atoms with Crippen molar-refractivity contribution in [1.82, 2.24) is 0 Å². The van der Waals surface area contributed by atoms with Gasteiger partial charge in [-0.2, -0.15) is 18.4 Å². The lowest BCUT2D eigenvalue weighted by molar-refractivity contribution is -0.137. The number of thioether (sulfide) groups is 1. The minimum absolute atomic E-state index is 0.0922. The molecule has 43 heavy (non-hydrogen) atoms. The minimum Gasteiger partial charge on any atom is -0.384 e. The average Bonchev–Trinajstić information content (AvgIpc) is 2.92. The van der Waals surface area contributed by atoms with Crippen LogP contribution in [0.3, 0.4) is 0 Å². The van der Waals surface area contributed by atoms with E-state index in [4.69, 9.17) is 17.3 Å². The van der Waals surface area contributed by atoms with Crippen molar-refractivity contribution in [3.8, 4) is 6.07 Å². The molecule has 1 aliphatic heterocycles. The van der Waals surface area contributed by atoms with Crippen LogP contribution in [0.2, 0.25) is 5.02 Å². The van der Waals surface area contributed by atoms with E-state index in [1.165, 1.54) is 12.1 Å². The summed E-state index contributed by atoms with van der Waals surface area (Å²) >= 11 is 7.71. The molecule has 3 aromatic carbocycles. The highest BCUT2D eigenvalue weighted by atomic mass is 35.5. The number of ketones is 1. The first-order valence-corrected chi connectivity index (χ1v) is 15.2. The molecule has 0 saturated carbocycles. The van der Waals surface area contributed by atoms with Crippen molar-refractivity contribution in [1.29, 1.82) is 5.26 Å². The summed E-state index contributed by atoms with van der Waals surface area (Å²) in [6, 6.07) is 18.7. The molecule has 0 fully saturated rings. The fourth-order valence-corrected chi connectivity index (χ4v) is 7.08. The number of nitrogens with two attached hydrogens (primary N) is 1. The number of anilines is 1. The number of Topliss-reactive ketones (excluding diaryl/α,β-unsaturated/α-hetero) is 1. The number of hydrogen-bond donors (Lipinski definition) is 1. The summed E-state index contributed by atoms with van der Waals surface area (Å²) in [6.45, 7) is 7.97. The van der Waals surface area contributed by atoms with Crippen molar-refractivity contribution in [2.75, 3.05) is 4.90 Å². The lowest BCUT2D eigenvalue weighted by Gasteiger charge is -2.44. The Kier molecular flexibility index (Phi) is 8.19. The number of halogens is 4. The summed E-state index contributed by atoms with van der Waals surface area (Å²) in [6.07, 6.45) is -3.74. The van der Waals surface area contributed by atoms with E-state index in [9.17, 15) is 23.2 Å². The monoisotopic (exact) mass is 621 g/mol. The lowest BCUT2D eigenvalue weighted by Crippen LogP contribution is -2.42. The molecule has 5 rings (SSSR count). The van der Waals surface area contributed by atoms with Crippen molar-refractivity contribution in [3.05, 3.63) is 116 Å². The molecule has 9 heteroatoms. The third-order valence-electron chi connectivity index (χ3n) is 8.08. The largest absolute Gasteiger partial charge is 0.416 e. The van der Waals surface area contributed by atoms with Gasteiger partial charge in [0.05, 0.1) is 23.1 Å². The van der Waals surface area contributed by atoms with Crippen LogP contribution in [0.5, 0.6) is 0 Å². The second kappa shape index (κ2) is 11.4. The zero-order valence-corrected chi connectivity index (χ0v) is 25.8. The maximum atomic E-state index is 13.9. The van der Waals surface area contributed by atoms with Gasteiger partial charge in [0.25, 0.3) is 0 Å². The Morgan fingerprint density at radius 2 is 1.70 bits per heavy atom. The highest BCUT2D eigenvalue weighted by Crippen LogP contribution is 2.51. The Labute approximate surface area is 259 Å². The van der Waals surface area contributed by atoms with Crippen LogP contribution in [0.1, 0.15) is 60.4 Å². The Morgan fingerprint density at radius 3 is 2.30 bits per heavy atom. The number of carbonyl (C=O) groups is 1. The predicted molar refractivity (Wildman–Crippen MR) is 165 cm³/mol. The van der Waals surface area contributed by atoms with Crippen LogP contribution >= 0.6 is 23.4 Å². The van der Waals surface area contributed by atoms with E-state index in [0.29, 0.717) is 34.2 Å². The molecule has 1 heterocycles. The van der Waals surface area contributed by atoms with Gasteiger partial charge < -0.3 is 5.73 Å². The number of allylic oxidation sites excluding steroid dienone is 3. The van der Waals surface area contributed by atoms with E-state index in [2.05, 4.69) is 18.2 Å². The molecule has 0 spiro atoms. The van der Waals surface area contributed by atoms with E-state index >= 15 is 0 Å². The van der Waals surface area contributed by atoms with Crippen LogP contribution < -0.4 is 10.6 Å². The molecular weight excluding hydrogens is 591 g/mol. The number of nitrogens with zero attached hydrogens (tertiary/aromatic N) is 2. The maximum Gasteiger partial charge on any atom is 0.416 e. The molecule has 0 saturated heterocycles. The Bertz CT molecular complexity index is 1700. The van der Waals surface area contributed by atoms with Crippen molar-refractivity contribution in [2.45, 2.75) is 63.3 Å². The third-order valence-corrected chi connectivity index (χ3v) is 9.39. The van der Waals surface area contributed by atoms with E-state index in [-0.39, 0.29) is 23.6 Å². The predicted octanol–water partition coefficient (Wildman–Crippen LogP) is 9.21. The lowest BCUT2D eigenvalue weighted by atomic mass is 9.68. The molecule has 222 valence electrons. The molecule has 0 amide bonds. The van der Waals surface area contributed by atoms with Gasteiger partial charge in [-0.05, 0) is 96.5 Å². The summed E-state index contributed by atoms with van der Waals surface area (Å²) < 4.78 is 40.0. The number of nitriles is 1. The number of carbonyl (C=O) groups excluding carboxylic acids is 1. The second-order valence-corrected chi connectivity index (χ2v) is 13.4. The second-order valence-electron chi connectivity index (χ2n) is 11.9.